The number of halogens is 1. The number of benzene rings is 1. The van der Waals surface area contributed by atoms with Crippen LogP contribution in [0.2, 0.25) is 0 Å². The molecule has 0 bridgehead atoms. The second-order valence-electron chi connectivity index (χ2n) is 4.56. The summed E-state index contributed by atoms with van der Waals surface area (Å²) in [5.41, 5.74) is 2.13. The van der Waals surface area contributed by atoms with Crippen molar-refractivity contribution in [3.63, 3.8) is 0 Å². The number of rotatable bonds is 6. The summed E-state index contributed by atoms with van der Waals surface area (Å²) in [6, 6.07) is 6.61. The van der Waals surface area contributed by atoms with Gasteiger partial charge >= 0.3 is 0 Å². The molecule has 1 heterocycles. The molecule has 5 heteroatoms. The Labute approximate surface area is 111 Å². The molecule has 1 unspecified atom stereocenters. The second-order valence-corrected chi connectivity index (χ2v) is 4.56. The highest BCUT2D eigenvalue weighted by Crippen LogP contribution is 2.23. The first-order chi connectivity index (χ1) is 9.18. The Morgan fingerprint density at radius 2 is 2.21 bits per heavy atom. The summed E-state index contributed by atoms with van der Waals surface area (Å²) in [4.78, 5) is 0. The fraction of sp³-hybridized carbons (Fsp3) is 0.357. The molecule has 0 aliphatic carbocycles. The minimum Gasteiger partial charge on any atom is -0.393 e. The van der Waals surface area contributed by atoms with Crippen molar-refractivity contribution in [2.45, 2.75) is 26.0 Å². The summed E-state index contributed by atoms with van der Waals surface area (Å²) in [5.74, 6) is -0.267. The van der Waals surface area contributed by atoms with Crippen molar-refractivity contribution in [3.8, 4) is 11.3 Å². The standard InChI is InChI=1S/C14H18FN3O/c1-10(19)6-7-16-8-11-9-17-18-14(11)12-4-2-3-5-13(12)15/h2-5,9-10,16,19H,6-8H2,1H3,(H,17,18). The van der Waals surface area contributed by atoms with Crippen molar-refractivity contribution >= 4 is 0 Å². The number of aromatic amines is 1. The van der Waals surface area contributed by atoms with Crippen LogP contribution in [0.1, 0.15) is 18.9 Å². The first-order valence-electron chi connectivity index (χ1n) is 6.34. The van der Waals surface area contributed by atoms with Gasteiger partial charge in [0.15, 0.2) is 0 Å². The van der Waals surface area contributed by atoms with Gasteiger partial charge in [-0.2, -0.15) is 5.10 Å². The largest absolute Gasteiger partial charge is 0.393 e. The molecule has 0 saturated carbocycles. The maximum Gasteiger partial charge on any atom is 0.132 e. The topological polar surface area (TPSA) is 60.9 Å². The lowest BCUT2D eigenvalue weighted by Gasteiger charge is -2.07. The van der Waals surface area contributed by atoms with E-state index in [0.29, 0.717) is 30.8 Å². The van der Waals surface area contributed by atoms with Gasteiger partial charge in [-0.05, 0) is 32.0 Å². The molecule has 102 valence electrons. The van der Waals surface area contributed by atoms with Gasteiger partial charge in [0.05, 0.1) is 18.0 Å². The summed E-state index contributed by atoms with van der Waals surface area (Å²) < 4.78 is 13.7. The Bertz CT molecular complexity index is 525. The maximum atomic E-state index is 13.7. The van der Waals surface area contributed by atoms with Gasteiger partial charge in [-0.3, -0.25) is 5.10 Å². The minimum atomic E-state index is -0.317. The molecule has 0 saturated heterocycles. The smallest absolute Gasteiger partial charge is 0.132 e. The van der Waals surface area contributed by atoms with Gasteiger partial charge in [0.2, 0.25) is 0 Å². The predicted octanol–water partition coefficient (Wildman–Crippen LogP) is 2.08. The summed E-state index contributed by atoms with van der Waals surface area (Å²) in [7, 11) is 0. The van der Waals surface area contributed by atoms with Crippen LogP contribution in [0.4, 0.5) is 4.39 Å². The molecule has 19 heavy (non-hydrogen) atoms. The zero-order valence-electron chi connectivity index (χ0n) is 10.9. The zero-order chi connectivity index (χ0) is 13.7. The van der Waals surface area contributed by atoms with E-state index < -0.39 is 0 Å². The van der Waals surface area contributed by atoms with Gasteiger partial charge in [-0.25, -0.2) is 4.39 Å². The summed E-state index contributed by atoms with van der Waals surface area (Å²) >= 11 is 0. The lowest BCUT2D eigenvalue weighted by atomic mass is 10.1. The molecule has 1 aromatic carbocycles. The van der Waals surface area contributed by atoms with E-state index in [0.717, 1.165) is 5.56 Å². The van der Waals surface area contributed by atoms with Crippen LogP contribution in [0, 0.1) is 5.82 Å². The predicted molar refractivity (Wildman–Crippen MR) is 72.0 cm³/mol. The Hall–Kier alpha value is -1.72. The number of nitrogens with zero attached hydrogens (tertiary/aromatic N) is 1. The number of aliphatic hydroxyl groups excluding tert-OH is 1. The SMILES string of the molecule is CC(O)CCNCc1cn[nH]c1-c1ccccc1F. The average molecular weight is 263 g/mol. The normalized spacial score (nSPS) is 12.6. The quantitative estimate of drug-likeness (QED) is 0.699. The first kappa shape index (κ1) is 13.7. The van der Waals surface area contributed by atoms with E-state index in [4.69, 9.17) is 0 Å². The lowest BCUT2D eigenvalue weighted by molar-refractivity contribution is 0.183. The highest BCUT2D eigenvalue weighted by Gasteiger charge is 2.11. The number of nitrogens with one attached hydrogen (secondary N) is 2. The van der Waals surface area contributed by atoms with E-state index in [2.05, 4.69) is 15.5 Å². The van der Waals surface area contributed by atoms with Crippen molar-refractivity contribution in [2.24, 2.45) is 0 Å². The van der Waals surface area contributed by atoms with Gasteiger partial charge < -0.3 is 10.4 Å². The van der Waals surface area contributed by atoms with E-state index in [-0.39, 0.29) is 11.9 Å². The van der Waals surface area contributed by atoms with Crippen molar-refractivity contribution in [3.05, 3.63) is 41.8 Å². The van der Waals surface area contributed by atoms with E-state index in [1.54, 1.807) is 31.3 Å². The third-order valence-electron chi connectivity index (χ3n) is 2.92. The maximum absolute atomic E-state index is 13.7. The molecular formula is C14H18FN3O. The average Bonchev–Trinajstić information content (AvgIpc) is 2.83. The summed E-state index contributed by atoms with van der Waals surface area (Å²) in [5, 5.41) is 19.2. The number of aromatic nitrogens is 2. The molecule has 0 radical (unpaired) electrons. The van der Waals surface area contributed by atoms with Crippen LogP contribution in [0.25, 0.3) is 11.3 Å². The van der Waals surface area contributed by atoms with Gasteiger partial charge in [0, 0.05) is 17.7 Å². The van der Waals surface area contributed by atoms with E-state index >= 15 is 0 Å². The lowest BCUT2D eigenvalue weighted by Crippen LogP contribution is -2.18. The molecule has 0 amide bonds. The third kappa shape index (κ3) is 3.62. The summed E-state index contributed by atoms with van der Waals surface area (Å²) in [6.45, 7) is 3.05. The van der Waals surface area contributed by atoms with E-state index in [1.807, 2.05) is 0 Å². The van der Waals surface area contributed by atoms with Gasteiger partial charge in [-0.1, -0.05) is 12.1 Å². The monoisotopic (exact) mass is 263 g/mol. The molecule has 0 aliphatic rings. The third-order valence-corrected chi connectivity index (χ3v) is 2.92. The van der Waals surface area contributed by atoms with Crippen LogP contribution in [0.3, 0.4) is 0 Å². The van der Waals surface area contributed by atoms with Crippen LogP contribution in [-0.2, 0) is 6.54 Å². The molecule has 1 aromatic heterocycles. The van der Waals surface area contributed by atoms with Crippen molar-refractivity contribution in [1.29, 1.82) is 0 Å². The fourth-order valence-corrected chi connectivity index (χ4v) is 1.88. The van der Waals surface area contributed by atoms with Crippen LogP contribution in [-0.4, -0.2) is 28.0 Å². The highest BCUT2D eigenvalue weighted by atomic mass is 19.1. The van der Waals surface area contributed by atoms with Crippen molar-refractivity contribution < 1.29 is 9.50 Å². The van der Waals surface area contributed by atoms with Gasteiger partial charge in [0.1, 0.15) is 5.82 Å². The van der Waals surface area contributed by atoms with Gasteiger partial charge in [-0.15, -0.1) is 0 Å². The van der Waals surface area contributed by atoms with E-state index in [9.17, 15) is 9.50 Å². The minimum absolute atomic E-state index is 0.267. The molecule has 0 spiro atoms. The number of H-pyrrole nitrogens is 1. The molecule has 2 rings (SSSR count). The molecule has 0 fully saturated rings. The number of hydrogen-bond donors (Lipinski definition) is 3. The number of hydrogen-bond acceptors (Lipinski definition) is 3. The molecular weight excluding hydrogens is 245 g/mol. The first-order valence-corrected chi connectivity index (χ1v) is 6.34. The molecule has 3 N–H and O–H groups in total. The van der Waals surface area contributed by atoms with Crippen LogP contribution >= 0.6 is 0 Å². The Morgan fingerprint density at radius 3 is 2.95 bits per heavy atom. The highest BCUT2D eigenvalue weighted by molar-refractivity contribution is 5.63. The van der Waals surface area contributed by atoms with Crippen LogP contribution in [0.15, 0.2) is 30.5 Å². The summed E-state index contributed by atoms with van der Waals surface area (Å²) in [6.07, 6.45) is 2.06. The molecule has 1 atom stereocenters. The second kappa shape index (κ2) is 6.45. The van der Waals surface area contributed by atoms with Crippen molar-refractivity contribution in [2.75, 3.05) is 6.54 Å². The number of aliphatic hydroxyl groups is 1. The fourth-order valence-electron chi connectivity index (χ4n) is 1.88. The molecule has 0 aliphatic heterocycles. The van der Waals surface area contributed by atoms with Gasteiger partial charge in [0.25, 0.3) is 0 Å². The van der Waals surface area contributed by atoms with Crippen LogP contribution < -0.4 is 5.32 Å². The van der Waals surface area contributed by atoms with E-state index in [1.165, 1.54) is 6.07 Å². The Morgan fingerprint density at radius 1 is 1.42 bits per heavy atom. The van der Waals surface area contributed by atoms with Crippen LogP contribution in [0.5, 0.6) is 0 Å². The molecule has 2 aromatic rings. The van der Waals surface area contributed by atoms with Crippen molar-refractivity contribution in [1.82, 2.24) is 15.5 Å². The zero-order valence-corrected chi connectivity index (χ0v) is 10.9. The Kier molecular flexibility index (Phi) is 4.65. The Balaban J connectivity index is 2.04. The molecule has 4 nitrogen and oxygen atoms in total.